The van der Waals surface area contributed by atoms with Crippen molar-refractivity contribution in [3.8, 4) is 11.8 Å². The fraction of sp³-hybridized carbons (Fsp3) is 0.250. The van der Waals surface area contributed by atoms with E-state index in [-0.39, 0.29) is 5.91 Å². The molecule has 3 heteroatoms. The standard InChI is InChI=1S/C12H12BrNO/c1-10(15)14-8-3-2-5-11-6-4-7-12(13)9-11/h4,6-7,9H,3,8H2,1H3,(H,14,15). The van der Waals surface area contributed by atoms with Gasteiger partial charge < -0.3 is 5.32 Å². The van der Waals surface area contributed by atoms with Gasteiger partial charge in [-0.3, -0.25) is 4.79 Å². The highest BCUT2D eigenvalue weighted by molar-refractivity contribution is 9.10. The maximum Gasteiger partial charge on any atom is 0.216 e. The van der Waals surface area contributed by atoms with E-state index < -0.39 is 0 Å². The van der Waals surface area contributed by atoms with Crippen molar-refractivity contribution in [1.82, 2.24) is 5.32 Å². The van der Waals surface area contributed by atoms with Gasteiger partial charge in [0.2, 0.25) is 5.91 Å². The summed E-state index contributed by atoms with van der Waals surface area (Å²) in [6, 6.07) is 7.83. The number of nitrogens with one attached hydrogen (secondary N) is 1. The Morgan fingerprint density at radius 1 is 1.53 bits per heavy atom. The number of hydrogen-bond acceptors (Lipinski definition) is 1. The van der Waals surface area contributed by atoms with E-state index in [1.165, 1.54) is 6.92 Å². The Bertz CT molecular complexity index is 404. The first-order chi connectivity index (χ1) is 7.18. The lowest BCUT2D eigenvalue weighted by Crippen LogP contribution is -2.20. The quantitative estimate of drug-likeness (QED) is 0.646. The summed E-state index contributed by atoms with van der Waals surface area (Å²) in [5.74, 6) is 6.01. The molecule has 0 aromatic heterocycles. The monoisotopic (exact) mass is 265 g/mol. The Morgan fingerprint density at radius 2 is 2.33 bits per heavy atom. The van der Waals surface area contributed by atoms with Gasteiger partial charge in [-0.1, -0.05) is 33.8 Å². The highest BCUT2D eigenvalue weighted by Crippen LogP contribution is 2.10. The number of halogens is 1. The molecule has 0 fully saturated rings. The van der Waals surface area contributed by atoms with Crippen LogP contribution in [0.2, 0.25) is 0 Å². The third-order valence-corrected chi connectivity index (χ3v) is 2.17. The van der Waals surface area contributed by atoms with Gasteiger partial charge in [0.25, 0.3) is 0 Å². The van der Waals surface area contributed by atoms with Gasteiger partial charge in [-0.05, 0) is 18.2 Å². The molecule has 0 aliphatic heterocycles. The summed E-state index contributed by atoms with van der Waals surface area (Å²) < 4.78 is 1.02. The van der Waals surface area contributed by atoms with Gasteiger partial charge in [-0.2, -0.15) is 0 Å². The summed E-state index contributed by atoms with van der Waals surface area (Å²) in [6.45, 7) is 2.11. The molecule has 0 aliphatic rings. The number of hydrogen-bond donors (Lipinski definition) is 1. The van der Waals surface area contributed by atoms with Crippen LogP contribution in [-0.4, -0.2) is 12.5 Å². The fourth-order valence-corrected chi connectivity index (χ4v) is 1.43. The molecule has 1 N–H and O–H groups in total. The van der Waals surface area contributed by atoms with E-state index in [0.717, 1.165) is 10.0 Å². The van der Waals surface area contributed by atoms with Gasteiger partial charge >= 0.3 is 0 Å². The van der Waals surface area contributed by atoms with Crippen molar-refractivity contribution < 1.29 is 4.79 Å². The maximum absolute atomic E-state index is 10.6. The molecule has 0 unspecified atom stereocenters. The van der Waals surface area contributed by atoms with Crippen LogP contribution in [0, 0.1) is 11.8 Å². The number of carbonyl (C=O) groups excluding carboxylic acids is 1. The van der Waals surface area contributed by atoms with Crippen LogP contribution in [-0.2, 0) is 4.79 Å². The Hall–Kier alpha value is -1.27. The lowest BCUT2D eigenvalue weighted by molar-refractivity contribution is -0.118. The second-order valence-electron chi connectivity index (χ2n) is 3.05. The topological polar surface area (TPSA) is 29.1 Å². The van der Waals surface area contributed by atoms with Gasteiger partial charge in [0, 0.05) is 29.9 Å². The van der Waals surface area contributed by atoms with Crippen LogP contribution in [0.4, 0.5) is 0 Å². The molecule has 2 nitrogen and oxygen atoms in total. The maximum atomic E-state index is 10.6. The fourth-order valence-electron chi connectivity index (χ4n) is 1.03. The molecule has 15 heavy (non-hydrogen) atoms. The van der Waals surface area contributed by atoms with Gasteiger partial charge in [0.05, 0.1) is 0 Å². The second-order valence-corrected chi connectivity index (χ2v) is 3.96. The van der Waals surface area contributed by atoms with Gasteiger partial charge in [-0.15, -0.1) is 0 Å². The summed E-state index contributed by atoms with van der Waals surface area (Å²) in [6.07, 6.45) is 0.673. The molecule has 0 spiro atoms. The van der Waals surface area contributed by atoms with E-state index in [4.69, 9.17) is 0 Å². The van der Waals surface area contributed by atoms with Crippen LogP contribution >= 0.6 is 15.9 Å². The van der Waals surface area contributed by atoms with E-state index in [1.54, 1.807) is 0 Å². The Morgan fingerprint density at radius 3 is 3.00 bits per heavy atom. The molecule has 0 bridgehead atoms. The van der Waals surface area contributed by atoms with Crippen molar-refractivity contribution in [2.75, 3.05) is 6.54 Å². The van der Waals surface area contributed by atoms with E-state index >= 15 is 0 Å². The minimum Gasteiger partial charge on any atom is -0.355 e. The molecule has 1 rings (SSSR count). The minimum atomic E-state index is -0.0146. The van der Waals surface area contributed by atoms with Crippen LogP contribution in [0.5, 0.6) is 0 Å². The van der Waals surface area contributed by atoms with Gasteiger partial charge in [0.1, 0.15) is 0 Å². The van der Waals surface area contributed by atoms with Crippen molar-refractivity contribution in [1.29, 1.82) is 0 Å². The molecule has 0 saturated heterocycles. The number of rotatable bonds is 2. The zero-order valence-electron chi connectivity index (χ0n) is 8.51. The molecule has 1 aromatic rings. The first-order valence-corrected chi connectivity index (χ1v) is 5.46. The highest BCUT2D eigenvalue weighted by atomic mass is 79.9. The predicted molar refractivity (Wildman–Crippen MR) is 64.3 cm³/mol. The van der Waals surface area contributed by atoms with Crippen molar-refractivity contribution in [2.45, 2.75) is 13.3 Å². The normalized spacial score (nSPS) is 8.93. The lowest BCUT2D eigenvalue weighted by atomic mass is 10.2. The van der Waals surface area contributed by atoms with Gasteiger partial charge in [-0.25, -0.2) is 0 Å². The first kappa shape index (κ1) is 11.8. The summed E-state index contributed by atoms with van der Waals surface area (Å²) in [4.78, 5) is 10.6. The smallest absolute Gasteiger partial charge is 0.216 e. The predicted octanol–water partition coefficient (Wildman–Crippen LogP) is 2.33. The van der Waals surface area contributed by atoms with Crippen LogP contribution < -0.4 is 5.32 Å². The minimum absolute atomic E-state index is 0.0146. The zero-order chi connectivity index (χ0) is 11.1. The summed E-state index contributed by atoms with van der Waals surface area (Å²) in [5, 5.41) is 2.69. The van der Waals surface area contributed by atoms with Crippen molar-refractivity contribution >= 4 is 21.8 Å². The van der Waals surface area contributed by atoms with Crippen molar-refractivity contribution in [3.63, 3.8) is 0 Å². The van der Waals surface area contributed by atoms with Crippen LogP contribution in [0.1, 0.15) is 18.9 Å². The Balaban J connectivity index is 2.41. The Labute approximate surface area is 98.2 Å². The van der Waals surface area contributed by atoms with Crippen LogP contribution in [0.3, 0.4) is 0 Å². The summed E-state index contributed by atoms with van der Waals surface area (Å²) >= 11 is 3.38. The first-order valence-electron chi connectivity index (χ1n) is 4.67. The van der Waals surface area contributed by atoms with Crippen LogP contribution in [0.15, 0.2) is 28.7 Å². The molecule has 78 valence electrons. The number of benzene rings is 1. The van der Waals surface area contributed by atoms with E-state index in [1.807, 2.05) is 24.3 Å². The van der Waals surface area contributed by atoms with Gasteiger partial charge in [0.15, 0.2) is 0 Å². The highest BCUT2D eigenvalue weighted by Gasteiger charge is 1.88. The van der Waals surface area contributed by atoms with Crippen molar-refractivity contribution in [3.05, 3.63) is 34.3 Å². The third-order valence-electron chi connectivity index (χ3n) is 1.68. The van der Waals surface area contributed by atoms with E-state index in [2.05, 4.69) is 33.1 Å². The van der Waals surface area contributed by atoms with Crippen molar-refractivity contribution in [2.24, 2.45) is 0 Å². The SMILES string of the molecule is CC(=O)NCCC#Cc1cccc(Br)c1. The van der Waals surface area contributed by atoms with Crippen LogP contribution in [0.25, 0.3) is 0 Å². The third kappa shape index (κ3) is 5.24. The average molecular weight is 266 g/mol. The molecule has 0 saturated carbocycles. The molecular formula is C12H12BrNO. The molecule has 1 aromatic carbocycles. The zero-order valence-corrected chi connectivity index (χ0v) is 10.1. The molecular weight excluding hydrogens is 254 g/mol. The summed E-state index contributed by atoms with van der Waals surface area (Å²) in [7, 11) is 0. The average Bonchev–Trinajstić information content (AvgIpc) is 2.17. The number of amides is 1. The summed E-state index contributed by atoms with van der Waals surface area (Å²) in [5.41, 5.74) is 0.979. The molecule has 0 heterocycles. The van der Waals surface area contributed by atoms with E-state index in [0.29, 0.717) is 13.0 Å². The molecule has 1 amide bonds. The Kier molecular flexibility index (Phi) is 4.92. The lowest BCUT2D eigenvalue weighted by Gasteiger charge is -1.95. The molecule has 0 atom stereocenters. The largest absolute Gasteiger partial charge is 0.355 e. The number of carbonyl (C=O) groups is 1. The molecule has 0 aliphatic carbocycles. The van der Waals surface area contributed by atoms with E-state index in [9.17, 15) is 4.79 Å². The second kappa shape index (κ2) is 6.26. The molecule has 0 radical (unpaired) electrons.